The molecule has 0 saturated heterocycles. The largest absolute Gasteiger partial charge is 0.338 e. The van der Waals surface area contributed by atoms with Crippen molar-refractivity contribution in [1.29, 1.82) is 0 Å². The van der Waals surface area contributed by atoms with Crippen molar-refractivity contribution in [2.75, 3.05) is 0 Å². The van der Waals surface area contributed by atoms with Crippen LogP contribution in [0, 0.1) is 0 Å². The number of pyridine rings is 1. The van der Waals surface area contributed by atoms with Gasteiger partial charge in [0, 0.05) is 36.6 Å². The van der Waals surface area contributed by atoms with Crippen molar-refractivity contribution >= 4 is 23.3 Å². The zero-order valence-corrected chi connectivity index (χ0v) is 14.3. The number of hydrogen-bond acceptors (Lipinski definition) is 2. The van der Waals surface area contributed by atoms with Gasteiger partial charge in [0.25, 0.3) is 0 Å². The molecular weight excluding hydrogens is 318 g/mol. The van der Waals surface area contributed by atoms with Crippen LogP contribution in [0.25, 0.3) is 11.6 Å². The fraction of sp³-hybridized carbons (Fsp3) is 0.200. The lowest BCUT2D eigenvalue weighted by Gasteiger charge is -2.12. The number of rotatable bonds is 3. The highest BCUT2D eigenvalue weighted by molar-refractivity contribution is 6.30. The topological polar surface area (TPSA) is 30.7 Å². The van der Waals surface area contributed by atoms with Crippen molar-refractivity contribution in [3.8, 4) is 0 Å². The van der Waals surface area contributed by atoms with Gasteiger partial charge in [0.15, 0.2) is 0 Å². The Bertz CT molecular complexity index is 924. The van der Waals surface area contributed by atoms with E-state index >= 15 is 0 Å². The molecule has 4 rings (SSSR count). The molecule has 0 fully saturated rings. The second kappa shape index (κ2) is 6.25. The van der Waals surface area contributed by atoms with Crippen molar-refractivity contribution in [3.63, 3.8) is 0 Å². The zero-order chi connectivity index (χ0) is 16.5. The summed E-state index contributed by atoms with van der Waals surface area (Å²) >= 11 is 6.27. The number of imidazole rings is 1. The Morgan fingerprint density at radius 1 is 1.21 bits per heavy atom. The van der Waals surface area contributed by atoms with E-state index in [1.165, 1.54) is 28.0 Å². The number of hydrogen-bond donors (Lipinski definition) is 0. The van der Waals surface area contributed by atoms with E-state index in [0.29, 0.717) is 0 Å². The molecule has 0 saturated carbocycles. The van der Waals surface area contributed by atoms with Crippen molar-refractivity contribution in [1.82, 2.24) is 14.5 Å². The molecule has 1 aliphatic carbocycles. The van der Waals surface area contributed by atoms with Gasteiger partial charge in [0.05, 0.1) is 12.0 Å². The maximum absolute atomic E-state index is 6.27. The molecule has 0 aliphatic heterocycles. The molecule has 3 nitrogen and oxygen atoms in total. The van der Waals surface area contributed by atoms with Gasteiger partial charge in [-0.15, -0.1) is 0 Å². The van der Waals surface area contributed by atoms with E-state index in [0.717, 1.165) is 30.0 Å². The molecule has 4 heteroatoms. The standard InChI is InChI=1S/C20H18ClN3/c1-24-13-22-12-18(24)7-5-14-9-16-3-2-8-23-20(16)10-15-4-6-17(21)11-19(14)15/h2-4,6,8-9,11-13H,5,7,10H2,1H3. The Kier molecular flexibility index (Phi) is 3.95. The van der Waals surface area contributed by atoms with Crippen LogP contribution in [-0.4, -0.2) is 14.5 Å². The van der Waals surface area contributed by atoms with Gasteiger partial charge >= 0.3 is 0 Å². The third kappa shape index (κ3) is 2.87. The number of aryl methyl sites for hydroxylation is 2. The predicted molar refractivity (Wildman–Crippen MR) is 97.9 cm³/mol. The summed E-state index contributed by atoms with van der Waals surface area (Å²) in [6, 6.07) is 10.3. The van der Waals surface area contributed by atoms with Crippen LogP contribution >= 0.6 is 11.6 Å². The SMILES string of the molecule is Cn1cncc1CCC1=Cc2cccnc2Cc2ccc(Cl)cc21. The lowest BCUT2D eigenvalue weighted by Crippen LogP contribution is -1.98. The molecular formula is C20H18ClN3. The Balaban J connectivity index is 1.76. The van der Waals surface area contributed by atoms with Crippen molar-refractivity contribution in [2.24, 2.45) is 7.05 Å². The maximum Gasteiger partial charge on any atom is 0.0945 e. The summed E-state index contributed by atoms with van der Waals surface area (Å²) in [6.07, 6.45) is 10.6. The molecule has 1 aliphatic rings. The lowest BCUT2D eigenvalue weighted by molar-refractivity contribution is 0.812. The van der Waals surface area contributed by atoms with Crippen LogP contribution in [0.15, 0.2) is 49.1 Å². The average molecular weight is 336 g/mol. The van der Waals surface area contributed by atoms with E-state index in [-0.39, 0.29) is 0 Å². The van der Waals surface area contributed by atoms with E-state index in [2.05, 4.69) is 38.8 Å². The third-order valence-corrected chi connectivity index (χ3v) is 4.83. The van der Waals surface area contributed by atoms with Crippen LogP contribution in [0.3, 0.4) is 0 Å². The molecule has 2 aromatic heterocycles. The quantitative estimate of drug-likeness (QED) is 0.703. The second-order valence-electron chi connectivity index (χ2n) is 6.18. The molecule has 3 aromatic rings. The molecule has 0 unspecified atom stereocenters. The van der Waals surface area contributed by atoms with Crippen LogP contribution in [0.2, 0.25) is 5.02 Å². The molecule has 0 bridgehead atoms. The number of aromatic nitrogens is 3. The summed E-state index contributed by atoms with van der Waals surface area (Å²) < 4.78 is 2.08. The molecule has 24 heavy (non-hydrogen) atoms. The van der Waals surface area contributed by atoms with Gasteiger partial charge in [0.2, 0.25) is 0 Å². The smallest absolute Gasteiger partial charge is 0.0945 e. The fourth-order valence-corrected chi connectivity index (χ4v) is 3.44. The molecule has 0 N–H and O–H groups in total. The summed E-state index contributed by atoms with van der Waals surface area (Å²) in [6.45, 7) is 0. The second-order valence-corrected chi connectivity index (χ2v) is 6.62. The van der Waals surface area contributed by atoms with Gasteiger partial charge < -0.3 is 4.57 Å². The van der Waals surface area contributed by atoms with Crippen molar-refractivity contribution in [2.45, 2.75) is 19.3 Å². The molecule has 0 spiro atoms. The first-order chi connectivity index (χ1) is 11.7. The number of nitrogens with zero attached hydrogens (tertiary/aromatic N) is 3. The minimum atomic E-state index is 0.777. The van der Waals surface area contributed by atoms with Crippen LogP contribution in [0.1, 0.15) is 34.5 Å². The first kappa shape index (κ1) is 15.2. The first-order valence-corrected chi connectivity index (χ1v) is 8.47. The van der Waals surface area contributed by atoms with E-state index in [9.17, 15) is 0 Å². The first-order valence-electron chi connectivity index (χ1n) is 8.09. The molecule has 0 radical (unpaired) electrons. The maximum atomic E-state index is 6.27. The van der Waals surface area contributed by atoms with Crippen LogP contribution in [0.5, 0.6) is 0 Å². The summed E-state index contributed by atoms with van der Waals surface area (Å²) in [4.78, 5) is 8.78. The Morgan fingerprint density at radius 3 is 2.96 bits per heavy atom. The normalized spacial score (nSPS) is 13.0. The van der Waals surface area contributed by atoms with Gasteiger partial charge in [-0.1, -0.05) is 23.7 Å². The van der Waals surface area contributed by atoms with E-state index in [1.54, 1.807) is 0 Å². The molecule has 1 aromatic carbocycles. The van der Waals surface area contributed by atoms with Gasteiger partial charge in [-0.25, -0.2) is 4.98 Å². The Morgan fingerprint density at radius 2 is 2.12 bits per heavy atom. The highest BCUT2D eigenvalue weighted by Crippen LogP contribution is 2.33. The average Bonchev–Trinajstić information content (AvgIpc) is 2.92. The van der Waals surface area contributed by atoms with Crippen LogP contribution in [-0.2, 0) is 19.9 Å². The predicted octanol–water partition coefficient (Wildman–Crippen LogP) is 4.55. The number of benzene rings is 1. The number of halogens is 1. The molecule has 0 atom stereocenters. The van der Waals surface area contributed by atoms with Crippen LogP contribution < -0.4 is 0 Å². The number of allylic oxidation sites excluding steroid dienone is 1. The Labute approximate surface area is 146 Å². The number of fused-ring (bicyclic) bond motifs is 2. The van der Waals surface area contributed by atoms with Crippen LogP contribution in [0.4, 0.5) is 0 Å². The van der Waals surface area contributed by atoms with Gasteiger partial charge in [-0.3, -0.25) is 4.98 Å². The minimum Gasteiger partial charge on any atom is -0.338 e. The molecule has 120 valence electrons. The fourth-order valence-electron chi connectivity index (χ4n) is 3.27. The van der Waals surface area contributed by atoms with Gasteiger partial charge in [-0.05, 0) is 59.4 Å². The van der Waals surface area contributed by atoms with Crippen molar-refractivity contribution < 1.29 is 0 Å². The lowest BCUT2D eigenvalue weighted by atomic mass is 9.95. The third-order valence-electron chi connectivity index (χ3n) is 4.60. The highest BCUT2D eigenvalue weighted by atomic mass is 35.5. The summed E-state index contributed by atoms with van der Waals surface area (Å²) in [7, 11) is 2.04. The summed E-state index contributed by atoms with van der Waals surface area (Å²) in [5, 5.41) is 0.777. The van der Waals surface area contributed by atoms with Gasteiger partial charge in [0.1, 0.15) is 0 Å². The monoisotopic (exact) mass is 335 g/mol. The summed E-state index contributed by atoms with van der Waals surface area (Å²) in [5.41, 5.74) is 7.38. The van der Waals surface area contributed by atoms with Crippen molar-refractivity contribution in [3.05, 3.63) is 82.2 Å². The van der Waals surface area contributed by atoms with Gasteiger partial charge in [-0.2, -0.15) is 0 Å². The minimum absolute atomic E-state index is 0.777. The van der Waals surface area contributed by atoms with E-state index in [1.807, 2.05) is 37.9 Å². The van der Waals surface area contributed by atoms with E-state index < -0.39 is 0 Å². The van der Waals surface area contributed by atoms with E-state index in [4.69, 9.17) is 11.6 Å². The molecule has 0 amide bonds. The summed E-state index contributed by atoms with van der Waals surface area (Å²) in [5.74, 6) is 0. The highest BCUT2D eigenvalue weighted by Gasteiger charge is 2.16. The Hall–Kier alpha value is -2.39. The molecule has 2 heterocycles. The zero-order valence-electron chi connectivity index (χ0n) is 13.5.